The van der Waals surface area contributed by atoms with Crippen molar-refractivity contribution in [2.24, 2.45) is 11.3 Å². The van der Waals surface area contributed by atoms with Crippen molar-refractivity contribution in [3.8, 4) is 0 Å². The van der Waals surface area contributed by atoms with Crippen LogP contribution in [0.4, 0.5) is 0 Å². The van der Waals surface area contributed by atoms with Gasteiger partial charge in [-0.1, -0.05) is 34.6 Å². The Bertz CT molecular complexity index is 175. The first-order chi connectivity index (χ1) is 6.68. The Hall–Kier alpha value is -0.610. The summed E-state index contributed by atoms with van der Waals surface area (Å²) >= 11 is 0. The van der Waals surface area contributed by atoms with Gasteiger partial charge in [0.25, 0.3) is 0 Å². The van der Waals surface area contributed by atoms with Gasteiger partial charge in [0.05, 0.1) is 12.7 Å². The standard InChI is InChI=1S/C8H18O2.C3H6O2/c1-6(2)7(10)8(3,4)5-9;1-2-3(4)5/h6-7,9-10H,5H2,1-4H3;2H2,1H3,(H,4,5). The molecule has 1 unspecified atom stereocenters. The second-order valence-corrected chi connectivity index (χ2v) is 4.58. The second kappa shape index (κ2) is 7.65. The van der Waals surface area contributed by atoms with E-state index in [1.807, 2.05) is 27.7 Å². The molecular formula is C11H24O4. The lowest BCUT2D eigenvalue weighted by atomic mass is 9.82. The van der Waals surface area contributed by atoms with E-state index in [9.17, 15) is 9.90 Å². The molecule has 0 bridgehead atoms. The molecule has 0 fully saturated rings. The molecular weight excluding hydrogens is 196 g/mol. The van der Waals surface area contributed by atoms with E-state index in [-0.39, 0.29) is 24.4 Å². The first kappa shape index (κ1) is 16.8. The quantitative estimate of drug-likeness (QED) is 0.671. The van der Waals surface area contributed by atoms with Gasteiger partial charge < -0.3 is 15.3 Å². The van der Waals surface area contributed by atoms with Crippen LogP contribution in [-0.2, 0) is 4.79 Å². The Morgan fingerprint density at radius 3 is 1.73 bits per heavy atom. The van der Waals surface area contributed by atoms with Gasteiger partial charge in [0.1, 0.15) is 0 Å². The average Bonchev–Trinajstić information content (AvgIpc) is 2.17. The summed E-state index contributed by atoms with van der Waals surface area (Å²) < 4.78 is 0. The Morgan fingerprint density at radius 2 is 1.67 bits per heavy atom. The molecule has 0 radical (unpaired) electrons. The van der Waals surface area contributed by atoms with Crippen molar-refractivity contribution in [1.82, 2.24) is 0 Å². The average molecular weight is 220 g/mol. The van der Waals surface area contributed by atoms with Crippen LogP contribution in [0, 0.1) is 11.3 Å². The lowest BCUT2D eigenvalue weighted by Crippen LogP contribution is -2.36. The first-order valence-electron chi connectivity index (χ1n) is 5.19. The molecule has 1 atom stereocenters. The molecule has 15 heavy (non-hydrogen) atoms. The van der Waals surface area contributed by atoms with Crippen LogP contribution >= 0.6 is 0 Å². The van der Waals surface area contributed by atoms with E-state index in [1.54, 1.807) is 6.92 Å². The molecule has 4 heteroatoms. The molecule has 0 aliphatic carbocycles. The lowest BCUT2D eigenvalue weighted by molar-refractivity contribution is -0.136. The monoisotopic (exact) mass is 220 g/mol. The molecule has 0 aliphatic rings. The van der Waals surface area contributed by atoms with Crippen LogP contribution in [-0.4, -0.2) is 34.0 Å². The SMILES string of the molecule is CC(C)C(O)C(C)(C)CO.CCC(=O)O. The minimum absolute atomic E-state index is 0.0341. The number of carboxylic acid groups (broad SMARTS) is 1. The first-order valence-corrected chi connectivity index (χ1v) is 5.19. The van der Waals surface area contributed by atoms with Gasteiger partial charge in [-0.25, -0.2) is 0 Å². The van der Waals surface area contributed by atoms with Crippen LogP contribution in [0.3, 0.4) is 0 Å². The van der Waals surface area contributed by atoms with Gasteiger partial charge in [-0.3, -0.25) is 4.79 Å². The maximum Gasteiger partial charge on any atom is 0.303 e. The molecule has 0 spiro atoms. The van der Waals surface area contributed by atoms with Gasteiger partial charge >= 0.3 is 5.97 Å². The minimum atomic E-state index is -0.745. The number of hydrogen-bond donors (Lipinski definition) is 3. The van der Waals surface area contributed by atoms with Gasteiger partial charge in [-0.2, -0.15) is 0 Å². The Morgan fingerprint density at radius 1 is 1.33 bits per heavy atom. The van der Waals surface area contributed by atoms with Crippen molar-refractivity contribution in [3.63, 3.8) is 0 Å². The summed E-state index contributed by atoms with van der Waals surface area (Å²) in [6.45, 7) is 9.24. The summed E-state index contributed by atoms with van der Waals surface area (Å²) in [4.78, 5) is 9.37. The highest BCUT2D eigenvalue weighted by Gasteiger charge is 2.28. The highest BCUT2D eigenvalue weighted by molar-refractivity contribution is 5.66. The molecule has 3 N–H and O–H groups in total. The van der Waals surface area contributed by atoms with E-state index in [0.717, 1.165) is 0 Å². The highest BCUT2D eigenvalue weighted by Crippen LogP contribution is 2.24. The summed E-state index contributed by atoms with van der Waals surface area (Å²) in [6, 6.07) is 0. The van der Waals surface area contributed by atoms with E-state index < -0.39 is 12.1 Å². The van der Waals surface area contributed by atoms with E-state index in [4.69, 9.17) is 10.2 Å². The molecule has 0 rings (SSSR count). The van der Waals surface area contributed by atoms with Gasteiger partial charge in [0.15, 0.2) is 0 Å². The van der Waals surface area contributed by atoms with Crippen LogP contribution in [0.5, 0.6) is 0 Å². The van der Waals surface area contributed by atoms with E-state index in [1.165, 1.54) is 0 Å². The highest BCUT2D eigenvalue weighted by atomic mass is 16.4. The maximum atomic E-state index is 9.49. The fourth-order valence-corrected chi connectivity index (χ4v) is 0.996. The fourth-order valence-electron chi connectivity index (χ4n) is 0.996. The summed E-state index contributed by atoms with van der Waals surface area (Å²) in [5.41, 5.74) is -0.367. The Balaban J connectivity index is 0. The molecule has 92 valence electrons. The van der Waals surface area contributed by atoms with Crippen LogP contribution in [0.2, 0.25) is 0 Å². The van der Waals surface area contributed by atoms with Crippen molar-refractivity contribution in [3.05, 3.63) is 0 Å². The van der Waals surface area contributed by atoms with Crippen molar-refractivity contribution >= 4 is 5.97 Å². The van der Waals surface area contributed by atoms with Crippen molar-refractivity contribution < 1.29 is 20.1 Å². The van der Waals surface area contributed by atoms with Crippen LogP contribution in [0.1, 0.15) is 41.0 Å². The lowest BCUT2D eigenvalue weighted by Gasteiger charge is -2.30. The predicted molar refractivity (Wildman–Crippen MR) is 59.6 cm³/mol. The van der Waals surface area contributed by atoms with Gasteiger partial charge in [0.2, 0.25) is 0 Å². The Kier molecular flexibility index (Phi) is 8.57. The van der Waals surface area contributed by atoms with Crippen LogP contribution in [0.15, 0.2) is 0 Å². The zero-order chi connectivity index (χ0) is 12.6. The molecule has 0 aliphatic heterocycles. The predicted octanol–water partition coefficient (Wildman–Crippen LogP) is 1.50. The van der Waals surface area contributed by atoms with E-state index in [2.05, 4.69) is 0 Å². The Labute approximate surface area is 91.9 Å². The number of carboxylic acids is 1. The van der Waals surface area contributed by atoms with Crippen LogP contribution < -0.4 is 0 Å². The third kappa shape index (κ3) is 8.39. The minimum Gasteiger partial charge on any atom is -0.481 e. The normalized spacial score (nSPS) is 13.1. The van der Waals surface area contributed by atoms with E-state index >= 15 is 0 Å². The second-order valence-electron chi connectivity index (χ2n) is 4.58. The van der Waals surface area contributed by atoms with Gasteiger partial charge in [-0.15, -0.1) is 0 Å². The molecule has 0 aromatic heterocycles. The van der Waals surface area contributed by atoms with Gasteiger partial charge in [0, 0.05) is 11.8 Å². The van der Waals surface area contributed by atoms with Crippen molar-refractivity contribution in [2.45, 2.75) is 47.1 Å². The molecule has 0 amide bonds. The van der Waals surface area contributed by atoms with E-state index in [0.29, 0.717) is 0 Å². The summed E-state index contributed by atoms with van der Waals surface area (Å²) in [5, 5.41) is 26.1. The molecule has 4 nitrogen and oxygen atoms in total. The third-order valence-corrected chi connectivity index (χ3v) is 2.14. The number of carbonyl (C=O) groups is 1. The van der Waals surface area contributed by atoms with Crippen molar-refractivity contribution in [2.75, 3.05) is 6.61 Å². The number of aliphatic hydroxyl groups excluding tert-OH is 2. The zero-order valence-electron chi connectivity index (χ0n) is 10.3. The number of aliphatic carboxylic acids is 1. The topological polar surface area (TPSA) is 77.8 Å². The number of rotatable bonds is 4. The molecule has 0 heterocycles. The van der Waals surface area contributed by atoms with Crippen molar-refractivity contribution in [1.29, 1.82) is 0 Å². The maximum absolute atomic E-state index is 9.49. The van der Waals surface area contributed by atoms with Gasteiger partial charge in [-0.05, 0) is 5.92 Å². The number of aliphatic hydroxyl groups is 2. The smallest absolute Gasteiger partial charge is 0.303 e. The largest absolute Gasteiger partial charge is 0.481 e. The molecule has 0 aromatic rings. The summed E-state index contributed by atoms with van der Waals surface area (Å²) in [7, 11) is 0. The molecule has 0 aromatic carbocycles. The summed E-state index contributed by atoms with van der Waals surface area (Å²) in [5.74, 6) is -0.535. The zero-order valence-corrected chi connectivity index (χ0v) is 10.3. The number of hydrogen-bond acceptors (Lipinski definition) is 3. The molecule has 0 saturated heterocycles. The fraction of sp³-hybridized carbons (Fsp3) is 0.909. The molecule has 0 saturated carbocycles. The third-order valence-electron chi connectivity index (χ3n) is 2.14. The summed E-state index contributed by atoms with van der Waals surface area (Å²) in [6.07, 6.45) is -0.197. The van der Waals surface area contributed by atoms with Crippen LogP contribution in [0.25, 0.3) is 0 Å².